The van der Waals surface area contributed by atoms with E-state index in [2.05, 4.69) is 4.98 Å². The molecular weight excluding hydrogens is 146 g/mol. The number of rotatable bonds is 1. The molecule has 10 heavy (non-hydrogen) atoms. The Labute approximate surface area is 63.0 Å². The van der Waals surface area contributed by atoms with Crippen molar-refractivity contribution in [2.45, 2.75) is 4.90 Å². The summed E-state index contributed by atoms with van der Waals surface area (Å²) < 4.78 is 0. The summed E-state index contributed by atoms with van der Waals surface area (Å²) in [5.74, 6) is 0. The topological polar surface area (TPSA) is 62.7 Å². The summed E-state index contributed by atoms with van der Waals surface area (Å²) in [6.45, 7) is 0. The highest BCUT2D eigenvalue weighted by Crippen LogP contribution is 2.10. The Morgan fingerprint density at radius 3 is 3.00 bits per heavy atom. The van der Waals surface area contributed by atoms with Gasteiger partial charge < -0.3 is 0 Å². The molecule has 0 aliphatic rings. The second-order valence-electron chi connectivity index (χ2n) is 1.64. The highest BCUT2D eigenvalue weighted by molar-refractivity contribution is 7.97. The van der Waals surface area contributed by atoms with Gasteiger partial charge in [0.25, 0.3) is 0 Å². The van der Waals surface area contributed by atoms with Crippen LogP contribution in [-0.4, -0.2) is 4.98 Å². The van der Waals surface area contributed by atoms with E-state index in [9.17, 15) is 0 Å². The largest absolute Gasteiger partial charge is 0.274 e. The summed E-state index contributed by atoms with van der Waals surface area (Å²) in [4.78, 5) is 4.61. The van der Waals surface area contributed by atoms with Crippen LogP contribution in [0.25, 0.3) is 0 Å². The first-order chi connectivity index (χ1) is 4.86. The third kappa shape index (κ3) is 1.47. The molecule has 0 bridgehead atoms. The number of pyridine rings is 1. The van der Waals surface area contributed by atoms with Crippen LogP contribution >= 0.6 is 11.9 Å². The van der Waals surface area contributed by atoms with Crippen LogP contribution in [0, 0.1) is 11.3 Å². The maximum Gasteiger partial charge on any atom is 0.101 e. The van der Waals surface area contributed by atoms with Gasteiger partial charge in [-0.2, -0.15) is 5.26 Å². The Kier molecular flexibility index (Phi) is 2.26. The molecule has 4 heteroatoms. The first-order valence-electron chi connectivity index (χ1n) is 2.58. The fourth-order valence-electron chi connectivity index (χ4n) is 0.544. The molecule has 0 aliphatic carbocycles. The van der Waals surface area contributed by atoms with Crippen LogP contribution in [0.3, 0.4) is 0 Å². The van der Waals surface area contributed by atoms with Crippen LogP contribution in [0.4, 0.5) is 0 Å². The lowest BCUT2D eigenvalue weighted by molar-refractivity contribution is 1.22. The molecule has 0 spiro atoms. The molecular formula is C6H5N3S. The minimum Gasteiger partial charge on any atom is -0.274 e. The van der Waals surface area contributed by atoms with E-state index < -0.39 is 0 Å². The molecule has 0 saturated heterocycles. The monoisotopic (exact) mass is 151 g/mol. The summed E-state index contributed by atoms with van der Waals surface area (Å²) in [5.41, 5.74) is 0.537. The molecule has 0 aromatic carbocycles. The van der Waals surface area contributed by atoms with Gasteiger partial charge in [-0.15, -0.1) is 0 Å². The molecule has 0 aliphatic heterocycles. The molecule has 1 heterocycles. The molecule has 3 nitrogen and oxygen atoms in total. The number of hydrogen-bond donors (Lipinski definition) is 1. The molecule has 50 valence electrons. The minimum absolute atomic E-state index is 0.537. The first kappa shape index (κ1) is 7.06. The number of nitriles is 1. The van der Waals surface area contributed by atoms with Crippen molar-refractivity contribution < 1.29 is 0 Å². The van der Waals surface area contributed by atoms with Crippen molar-refractivity contribution in [2.75, 3.05) is 0 Å². The Bertz CT molecular complexity index is 266. The third-order valence-electron chi connectivity index (χ3n) is 0.978. The molecule has 1 aromatic heterocycles. The van der Waals surface area contributed by atoms with Crippen molar-refractivity contribution in [3.8, 4) is 6.07 Å². The van der Waals surface area contributed by atoms with Gasteiger partial charge in [0.15, 0.2) is 0 Å². The number of aromatic nitrogens is 1. The van der Waals surface area contributed by atoms with Crippen LogP contribution < -0.4 is 5.14 Å². The zero-order chi connectivity index (χ0) is 7.40. The summed E-state index contributed by atoms with van der Waals surface area (Å²) in [6, 6.07) is 3.66. The molecule has 2 N–H and O–H groups in total. The molecule has 0 fully saturated rings. The van der Waals surface area contributed by atoms with Gasteiger partial charge in [0, 0.05) is 17.3 Å². The summed E-state index contributed by atoms with van der Waals surface area (Å²) in [7, 11) is 0. The van der Waals surface area contributed by atoms with E-state index in [4.69, 9.17) is 10.4 Å². The van der Waals surface area contributed by atoms with Crippen molar-refractivity contribution in [2.24, 2.45) is 5.14 Å². The summed E-state index contributed by atoms with van der Waals surface area (Å²) >= 11 is 1.08. The number of nitrogens with two attached hydrogens (primary N) is 1. The van der Waals surface area contributed by atoms with Crippen LogP contribution in [0.2, 0.25) is 0 Å². The van der Waals surface area contributed by atoms with E-state index in [-0.39, 0.29) is 0 Å². The van der Waals surface area contributed by atoms with E-state index in [1.807, 2.05) is 6.07 Å². The third-order valence-corrected chi connectivity index (χ3v) is 1.47. The van der Waals surface area contributed by atoms with Crippen molar-refractivity contribution in [1.29, 1.82) is 5.26 Å². The lowest BCUT2D eigenvalue weighted by Crippen LogP contribution is -1.83. The van der Waals surface area contributed by atoms with Crippen molar-refractivity contribution in [3.05, 3.63) is 24.0 Å². The maximum absolute atomic E-state index is 8.42. The van der Waals surface area contributed by atoms with E-state index in [1.54, 1.807) is 12.3 Å². The van der Waals surface area contributed by atoms with Gasteiger partial charge in [-0.05, 0) is 18.0 Å². The maximum atomic E-state index is 8.42. The quantitative estimate of drug-likeness (QED) is 0.606. The van der Waals surface area contributed by atoms with Gasteiger partial charge in [-0.1, -0.05) is 0 Å². The highest BCUT2D eigenvalue weighted by Gasteiger charge is 1.92. The van der Waals surface area contributed by atoms with Gasteiger partial charge in [-0.25, -0.2) is 0 Å². The van der Waals surface area contributed by atoms with Gasteiger partial charge >= 0.3 is 0 Å². The molecule has 0 saturated carbocycles. The van der Waals surface area contributed by atoms with E-state index in [0.717, 1.165) is 16.8 Å². The Morgan fingerprint density at radius 2 is 2.40 bits per heavy atom. The Balaban J connectivity index is 3.01. The van der Waals surface area contributed by atoms with Crippen LogP contribution in [0.1, 0.15) is 5.56 Å². The van der Waals surface area contributed by atoms with Crippen molar-refractivity contribution in [3.63, 3.8) is 0 Å². The van der Waals surface area contributed by atoms with Crippen LogP contribution in [0.5, 0.6) is 0 Å². The minimum atomic E-state index is 0.537. The highest BCUT2D eigenvalue weighted by atomic mass is 32.2. The number of hydrogen-bond acceptors (Lipinski definition) is 4. The van der Waals surface area contributed by atoms with Crippen molar-refractivity contribution in [1.82, 2.24) is 4.98 Å². The van der Waals surface area contributed by atoms with Crippen LogP contribution in [-0.2, 0) is 0 Å². The first-order valence-corrected chi connectivity index (χ1v) is 3.46. The van der Waals surface area contributed by atoms with Gasteiger partial charge in [-0.3, -0.25) is 10.1 Å². The fourth-order valence-corrected chi connectivity index (χ4v) is 0.861. The molecule has 0 radical (unpaired) electrons. The Morgan fingerprint density at radius 1 is 1.60 bits per heavy atom. The lowest BCUT2D eigenvalue weighted by atomic mass is 10.3. The molecule has 1 aromatic rings. The second kappa shape index (κ2) is 3.20. The second-order valence-corrected chi connectivity index (χ2v) is 2.35. The van der Waals surface area contributed by atoms with Gasteiger partial charge in [0.2, 0.25) is 0 Å². The van der Waals surface area contributed by atoms with E-state index in [0.29, 0.717) is 5.56 Å². The number of nitrogens with zero attached hydrogens (tertiary/aromatic N) is 2. The molecule has 0 amide bonds. The van der Waals surface area contributed by atoms with E-state index >= 15 is 0 Å². The zero-order valence-electron chi connectivity index (χ0n) is 5.11. The average Bonchev–Trinajstić information content (AvgIpc) is 2.05. The predicted octanol–water partition coefficient (Wildman–Crippen LogP) is 0.919. The molecule has 0 atom stereocenters. The van der Waals surface area contributed by atoms with Gasteiger partial charge in [0.05, 0.1) is 5.56 Å². The fraction of sp³-hybridized carbons (Fsp3) is 0. The smallest absolute Gasteiger partial charge is 0.101 e. The normalized spacial score (nSPS) is 8.80. The van der Waals surface area contributed by atoms with Gasteiger partial charge in [0.1, 0.15) is 6.07 Å². The Hall–Kier alpha value is -1.05. The predicted molar refractivity (Wildman–Crippen MR) is 39.0 cm³/mol. The molecule has 1 rings (SSSR count). The van der Waals surface area contributed by atoms with Crippen molar-refractivity contribution >= 4 is 11.9 Å². The van der Waals surface area contributed by atoms with Crippen LogP contribution in [0.15, 0.2) is 23.4 Å². The lowest BCUT2D eigenvalue weighted by Gasteiger charge is -1.92. The average molecular weight is 151 g/mol. The standard InChI is InChI=1S/C6H5N3S/c7-2-5-1-6(10-8)4-9-3-5/h1,3-4H,8H2. The van der Waals surface area contributed by atoms with E-state index in [1.165, 1.54) is 6.20 Å². The zero-order valence-corrected chi connectivity index (χ0v) is 5.93. The summed E-state index contributed by atoms with van der Waals surface area (Å²) in [5, 5.41) is 13.7. The summed E-state index contributed by atoms with van der Waals surface area (Å²) in [6.07, 6.45) is 3.12. The molecule has 0 unspecified atom stereocenters. The SMILES string of the molecule is N#Cc1cncc(SN)c1.